The van der Waals surface area contributed by atoms with Crippen LogP contribution >= 0.6 is 11.8 Å². The van der Waals surface area contributed by atoms with Crippen molar-refractivity contribution in [2.75, 3.05) is 10.1 Å². The molecule has 1 atom stereocenters. The first-order valence-corrected chi connectivity index (χ1v) is 11.6. The Hall–Kier alpha value is -2.52. The van der Waals surface area contributed by atoms with E-state index in [-0.39, 0.29) is 22.4 Å². The molecule has 2 N–H and O–H groups in total. The van der Waals surface area contributed by atoms with E-state index in [1.165, 1.54) is 0 Å². The first-order chi connectivity index (χ1) is 15.5. The number of aliphatic hydroxyl groups is 1. The van der Waals surface area contributed by atoms with Gasteiger partial charge >= 0.3 is 18.3 Å². The Morgan fingerprint density at radius 3 is 2.09 bits per heavy atom. The minimum Gasteiger partial charge on any atom is -0.481 e. The van der Waals surface area contributed by atoms with Gasteiger partial charge in [0, 0.05) is 16.2 Å². The van der Waals surface area contributed by atoms with Gasteiger partial charge in [-0.25, -0.2) is 12.8 Å². The molecule has 0 bridgehead atoms. The Morgan fingerprint density at radius 2 is 1.59 bits per heavy atom. The molecular weight excluding hydrogens is 519 g/mol. The van der Waals surface area contributed by atoms with Gasteiger partial charge in [0.05, 0.1) is 23.0 Å². The van der Waals surface area contributed by atoms with Gasteiger partial charge in [0.1, 0.15) is 5.82 Å². The van der Waals surface area contributed by atoms with E-state index in [1.54, 1.807) is 0 Å². The molecular formula is C19H14F7NO5S2. The van der Waals surface area contributed by atoms with Gasteiger partial charge in [-0.1, -0.05) is 6.07 Å². The highest BCUT2D eigenvalue weighted by Gasteiger charge is 2.71. The fourth-order valence-electron chi connectivity index (χ4n) is 3.36. The van der Waals surface area contributed by atoms with Gasteiger partial charge in [0.25, 0.3) is 15.6 Å². The Labute approximate surface area is 192 Å². The van der Waals surface area contributed by atoms with Gasteiger partial charge in [-0.15, -0.1) is 11.8 Å². The number of sulfonamides is 1. The van der Waals surface area contributed by atoms with Crippen molar-refractivity contribution in [3.63, 3.8) is 0 Å². The second-order valence-corrected chi connectivity index (χ2v) is 10.1. The summed E-state index contributed by atoms with van der Waals surface area (Å²) in [5.74, 6) is -2.52. The molecule has 1 aliphatic rings. The third-order valence-corrected chi connectivity index (χ3v) is 8.05. The molecule has 0 aromatic heterocycles. The van der Waals surface area contributed by atoms with Crippen LogP contribution in [0.5, 0.6) is 0 Å². The average Bonchev–Trinajstić information content (AvgIpc) is 2.70. The Morgan fingerprint density at radius 1 is 1.03 bits per heavy atom. The highest BCUT2D eigenvalue weighted by molar-refractivity contribution is 8.00. The summed E-state index contributed by atoms with van der Waals surface area (Å²) in [7, 11) is -4.61. The molecule has 0 fully saturated rings. The van der Waals surface area contributed by atoms with Crippen molar-refractivity contribution < 1.29 is 54.2 Å². The summed E-state index contributed by atoms with van der Waals surface area (Å²) in [4.78, 5) is 10.4. The highest BCUT2D eigenvalue weighted by Crippen LogP contribution is 2.52. The van der Waals surface area contributed by atoms with Crippen LogP contribution < -0.4 is 4.31 Å². The number of fused-ring (bicyclic) bond motifs is 1. The number of nitrogens with zero attached hydrogens (tertiary/aromatic N) is 1. The summed E-state index contributed by atoms with van der Waals surface area (Å²) in [6, 6.07) is 3.40. The zero-order valence-electron chi connectivity index (χ0n) is 16.6. The molecule has 0 radical (unpaired) electrons. The van der Waals surface area contributed by atoms with Crippen molar-refractivity contribution in [3.05, 3.63) is 53.8 Å². The largest absolute Gasteiger partial charge is 0.481 e. The predicted octanol–water partition coefficient (Wildman–Crippen LogP) is 4.28. The maximum absolute atomic E-state index is 13.3. The molecule has 0 saturated carbocycles. The van der Waals surface area contributed by atoms with Crippen LogP contribution in [0.1, 0.15) is 12.0 Å². The van der Waals surface area contributed by atoms with E-state index >= 15 is 0 Å². The van der Waals surface area contributed by atoms with Crippen molar-refractivity contribution in [1.82, 2.24) is 0 Å². The third kappa shape index (κ3) is 4.43. The standard InChI is InChI=1S/C19H14F7NO5S2/c20-11-2-4-13(5-3-11)34(31,32)27-12(8-16(28)29)9-33-15-7-10(1-6-14(15)27)17(30,18(21,22)23)19(24,25)26/h1-7,12,30H,8-9H2,(H,28,29)/t12-/m1/s1. The van der Waals surface area contributed by atoms with Gasteiger partial charge < -0.3 is 10.2 Å². The number of hydrogen-bond donors (Lipinski definition) is 2. The fourth-order valence-corrected chi connectivity index (χ4v) is 6.35. The quantitative estimate of drug-likeness (QED) is 0.558. The molecule has 1 heterocycles. The lowest BCUT2D eigenvalue weighted by Crippen LogP contribution is -2.54. The zero-order chi connectivity index (χ0) is 25.7. The van der Waals surface area contributed by atoms with E-state index in [0.29, 0.717) is 28.2 Å². The maximum Gasteiger partial charge on any atom is 0.430 e. The van der Waals surface area contributed by atoms with Crippen LogP contribution in [0, 0.1) is 5.82 Å². The minimum atomic E-state index is -6.15. The number of carbonyl (C=O) groups is 1. The second-order valence-electron chi connectivity index (χ2n) is 7.21. The summed E-state index contributed by atoms with van der Waals surface area (Å²) in [6.45, 7) is 0. The van der Waals surface area contributed by atoms with Crippen LogP contribution in [0.15, 0.2) is 52.3 Å². The van der Waals surface area contributed by atoms with E-state index < -0.39 is 62.7 Å². The number of benzene rings is 2. The summed E-state index contributed by atoms with van der Waals surface area (Å²) in [6.07, 6.45) is -13.0. The fraction of sp³-hybridized carbons (Fsp3) is 0.316. The lowest BCUT2D eigenvalue weighted by Gasteiger charge is -2.38. The molecule has 15 heteroatoms. The lowest BCUT2D eigenvalue weighted by molar-refractivity contribution is -0.376. The zero-order valence-corrected chi connectivity index (χ0v) is 18.2. The summed E-state index contributed by atoms with van der Waals surface area (Å²) in [5.41, 5.74) is -7.20. The van der Waals surface area contributed by atoms with E-state index in [2.05, 4.69) is 0 Å². The monoisotopic (exact) mass is 533 g/mol. The number of anilines is 1. The van der Waals surface area contributed by atoms with Crippen LogP contribution in [-0.2, 0) is 20.4 Å². The van der Waals surface area contributed by atoms with Crippen molar-refractivity contribution in [2.24, 2.45) is 0 Å². The number of rotatable bonds is 5. The average molecular weight is 533 g/mol. The van der Waals surface area contributed by atoms with Crippen molar-refractivity contribution in [1.29, 1.82) is 0 Å². The van der Waals surface area contributed by atoms with E-state index in [9.17, 15) is 54.2 Å². The normalized spacial score (nSPS) is 17.4. The SMILES string of the molecule is O=C(O)C[C@@H]1CSc2cc(C(O)(C(F)(F)F)C(F)(F)F)ccc2N1S(=O)(=O)c1ccc(F)cc1. The van der Waals surface area contributed by atoms with Crippen LogP contribution in [-0.4, -0.2) is 48.7 Å². The van der Waals surface area contributed by atoms with Gasteiger partial charge in [-0.2, -0.15) is 26.3 Å². The lowest BCUT2D eigenvalue weighted by atomic mass is 9.92. The van der Waals surface area contributed by atoms with Crippen LogP contribution in [0.2, 0.25) is 0 Å². The van der Waals surface area contributed by atoms with Crippen LogP contribution in [0.25, 0.3) is 0 Å². The summed E-state index contributed by atoms with van der Waals surface area (Å²) >= 11 is 0.633. The number of thioether (sulfide) groups is 1. The summed E-state index contributed by atoms with van der Waals surface area (Å²) in [5, 5.41) is 18.8. The first kappa shape index (κ1) is 26.1. The Bertz CT molecular complexity index is 1180. The maximum atomic E-state index is 13.3. The van der Waals surface area contributed by atoms with E-state index in [1.807, 2.05) is 0 Å². The molecule has 0 aliphatic carbocycles. The molecule has 34 heavy (non-hydrogen) atoms. The molecule has 186 valence electrons. The second kappa shape index (κ2) is 8.61. The topological polar surface area (TPSA) is 94.9 Å². The predicted molar refractivity (Wildman–Crippen MR) is 105 cm³/mol. The smallest absolute Gasteiger partial charge is 0.430 e. The van der Waals surface area contributed by atoms with Gasteiger partial charge in [-0.05, 0) is 36.4 Å². The number of alkyl halides is 6. The molecule has 0 saturated heterocycles. The number of carboxylic acid groups (broad SMARTS) is 1. The first-order valence-electron chi connectivity index (χ1n) is 9.15. The Kier molecular flexibility index (Phi) is 6.60. The van der Waals surface area contributed by atoms with Crippen LogP contribution in [0.4, 0.5) is 36.4 Å². The molecule has 0 amide bonds. The highest BCUT2D eigenvalue weighted by atomic mass is 32.2. The molecule has 0 spiro atoms. The summed E-state index contributed by atoms with van der Waals surface area (Å²) < 4.78 is 120. The Balaban J connectivity index is 2.20. The van der Waals surface area contributed by atoms with E-state index in [4.69, 9.17) is 0 Å². The van der Waals surface area contributed by atoms with Crippen molar-refractivity contribution in [3.8, 4) is 0 Å². The minimum absolute atomic E-state index is 0.275. The number of aliphatic carboxylic acids is 1. The third-order valence-electron chi connectivity index (χ3n) is 4.98. The molecule has 0 unspecified atom stereocenters. The van der Waals surface area contributed by atoms with Crippen molar-refractivity contribution >= 4 is 33.4 Å². The van der Waals surface area contributed by atoms with Gasteiger partial charge in [0.2, 0.25) is 0 Å². The molecule has 1 aliphatic heterocycles. The molecule has 6 nitrogen and oxygen atoms in total. The number of halogens is 7. The van der Waals surface area contributed by atoms with Crippen LogP contribution in [0.3, 0.4) is 0 Å². The van der Waals surface area contributed by atoms with Gasteiger partial charge in [-0.3, -0.25) is 9.10 Å². The van der Waals surface area contributed by atoms with Crippen molar-refractivity contribution in [2.45, 2.75) is 40.2 Å². The van der Waals surface area contributed by atoms with Gasteiger partial charge in [0.15, 0.2) is 0 Å². The van der Waals surface area contributed by atoms with E-state index in [0.717, 1.165) is 24.3 Å². The molecule has 3 rings (SSSR count). The molecule has 2 aromatic rings. The number of hydrogen-bond acceptors (Lipinski definition) is 5. The number of carboxylic acids is 1. The molecule has 2 aromatic carbocycles.